The highest BCUT2D eigenvalue weighted by molar-refractivity contribution is 7.27. The molecule has 0 atom stereocenters. The van der Waals surface area contributed by atoms with Gasteiger partial charge in [-0.15, -0.1) is 22.7 Å². The van der Waals surface area contributed by atoms with E-state index in [1.165, 1.54) is 205 Å². The van der Waals surface area contributed by atoms with Gasteiger partial charge >= 0.3 is 0 Å². The largest absolute Gasteiger partial charge is 0.309 e. The van der Waals surface area contributed by atoms with E-state index < -0.39 is 0 Å². The molecule has 0 radical (unpaired) electrons. The van der Waals surface area contributed by atoms with Gasteiger partial charge in [0.2, 0.25) is 0 Å². The summed E-state index contributed by atoms with van der Waals surface area (Å²) in [6, 6.07) is 143. The SMILES string of the molecule is c1ccc(-c2ccc(-n3c4ccccc4c4cc(-c5ccc6c(c5)c5c7sc8ccccc8c7ccc5n6-c5cccc6ccccc56)ccc43)cc2)cc1.c1ccc(-c2ccc(-n3c4ccccc4c4cc(-c5ccc6c(c5)c5ccc7c8ccccc8sc7c5n6-c5cccc6ccccc56)ccc43)cc2)cc1. The van der Waals surface area contributed by atoms with Gasteiger partial charge in [-0.25, -0.2) is 0 Å². The third-order valence-electron chi connectivity index (χ3n) is 23.0. The van der Waals surface area contributed by atoms with Gasteiger partial charge in [0, 0.05) is 101 Å². The molecule has 6 heteroatoms. The maximum atomic E-state index is 2.52. The van der Waals surface area contributed by atoms with Gasteiger partial charge in [0.1, 0.15) is 0 Å². The van der Waals surface area contributed by atoms with Crippen LogP contribution in [0.15, 0.2) is 388 Å². The molecule has 6 aromatic heterocycles. The maximum absolute atomic E-state index is 2.52. The fraction of sp³-hybridized carbons (Fsp3) is 0. The molecule has 4 nitrogen and oxygen atoms in total. The summed E-state index contributed by atoms with van der Waals surface area (Å²) < 4.78 is 15.1. The number of thiophene rings is 2. The van der Waals surface area contributed by atoms with Crippen LogP contribution in [-0.2, 0) is 0 Å². The van der Waals surface area contributed by atoms with Crippen LogP contribution in [-0.4, -0.2) is 18.3 Å². The van der Waals surface area contributed by atoms with Crippen molar-refractivity contribution in [3.05, 3.63) is 388 Å². The van der Waals surface area contributed by atoms with Crippen LogP contribution < -0.4 is 0 Å². The van der Waals surface area contributed by atoms with Crippen LogP contribution in [0.25, 0.3) is 216 Å². The van der Waals surface area contributed by atoms with Crippen molar-refractivity contribution in [1.82, 2.24) is 18.3 Å². The van der Waals surface area contributed by atoms with E-state index in [1.54, 1.807) is 0 Å². The highest BCUT2D eigenvalue weighted by Gasteiger charge is 2.24. The Balaban J connectivity index is 0.000000132. The molecule has 0 aliphatic rings. The number of aromatic nitrogens is 4. The van der Waals surface area contributed by atoms with E-state index in [1.807, 2.05) is 22.7 Å². The van der Waals surface area contributed by atoms with E-state index in [2.05, 4.69) is 407 Å². The molecule has 24 aromatic rings. The maximum Gasteiger partial charge on any atom is 0.0720 e. The lowest BCUT2D eigenvalue weighted by molar-refractivity contribution is 1.18. The van der Waals surface area contributed by atoms with Gasteiger partial charge in [-0.05, 0) is 171 Å². The van der Waals surface area contributed by atoms with Gasteiger partial charge < -0.3 is 18.3 Å². The van der Waals surface area contributed by atoms with Gasteiger partial charge in [0.15, 0.2) is 0 Å². The zero-order valence-electron chi connectivity index (χ0n) is 59.6. The van der Waals surface area contributed by atoms with Gasteiger partial charge in [0.05, 0.1) is 60.2 Å². The van der Waals surface area contributed by atoms with Crippen LogP contribution in [0.5, 0.6) is 0 Å². The van der Waals surface area contributed by atoms with Crippen LogP contribution >= 0.6 is 22.7 Å². The highest BCUT2D eigenvalue weighted by atomic mass is 32.1. The van der Waals surface area contributed by atoms with E-state index >= 15 is 0 Å². The average Bonchev–Trinajstić information content (AvgIpc) is 1.56. The smallest absolute Gasteiger partial charge is 0.0720 e. The van der Waals surface area contributed by atoms with E-state index in [-0.39, 0.29) is 0 Å². The molecule has 110 heavy (non-hydrogen) atoms. The normalized spacial score (nSPS) is 12.0. The summed E-state index contributed by atoms with van der Waals surface area (Å²) in [6.45, 7) is 0. The number of nitrogens with zero attached hydrogens (tertiary/aromatic N) is 4. The molecule has 24 rings (SSSR count). The summed E-state index contributed by atoms with van der Waals surface area (Å²) in [4.78, 5) is 0. The summed E-state index contributed by atoms with van der Waals surface area (Å²) in [7, 11) is 0. The van der Waals surface area contributed by atoms with Crippen LogP contribution in [0.1, 0.15) is 0 Å². The Morgan fingerprint density at radius 1 is 0.173 bits per heavy atom. The number of benzene rings is 18. The molecule has 6 heterocycles. The lowest BCUT2D eigenvalue weighted by Gasteiger charge is -2.12. The summed E-state index contributed by atoms with van der Waals surface area (Å²) >= 11 is 3.81. The number of para-hydroxylation sites is 2. The summed E-state index contributed by atoms with van der Waals surface area (Å²) in [6.07, 6.45) is 0. The van der Waals surface area contributed by atoms with Crippen molar-refractivity contribution in [2.75, 3.05) is 0 Å². The lowest BCUT2D eigenvalue weighted by atomic mass is 10.00. The zero-order valence-corrected chi connectivity index (χ0v) is 61.2. The number of hydrogen-bond acceptors (Lipinski definition) is 2. The van der Waals surface area contributed by atoms with Gasteiger partial charge in [0.25, 0.3) is 0 Å². The summed E-state index contributed by atoms with van der Waals surface area (Å²) in [5.41, 5.74) is 24.3. The summed E-state index contributed by atoms with van der Waals surface area (Å²) in [5, 5.41) is 20.4. The Labute approximate surface area is 640 Å². The van der Waals surface area contributed by atoms with Crippen LogP contribution in [0.2, 0.25) is 0 Å². The molecule has 0 saturated heterocycles. The molecular formula is C104H64N4S2. The fourth-order valence-electron chi connectivity index (χ4n) is 18.0. The molecule has 0 unspecified atom stereocenters. The summed E-state index contributed by atoms with van der Waals surface area (Å²) in [5.74, 6) is 0. The third-order valence-corrected chi connectivity index (χ3v) is 25.4. The Morgan fingerprint density at radius 3 is 1.03 bits per heavy atom. The standard InChI is InChI=1S/2C52H32N2S/c1-2-11-33(12-3-1)34-21-25-38(26-22-34)53-47-18-8-6-16-40(47)44-31-36(23-29-48(44)53)37-24-30-49-45(32-37)42-27-28-43-41-17-7-9-20-50(41)55-52(43)51(42)54(49)46-19-10-14-35-13-4-5-15-39(35)46;1-2-11-33(12-3-1)34-21-25-38(26-22-34)53-46-18-8-6-16-40(46)43-31-36(23-28-47(43)53)37-24-29-48-44(32-37)51-49(30-27-42-41-17-7-9-20-50(41)55-52(42)51)54(48)45-19-10-14-35-13-4-5-15-39(35)45/h2*1-32H. The molecule has 0 bridgehead atoms. The van der Waals surface area contributed by atoms with Crippen molar-refractivity contribution < 1.29 is 0 Å². The predicted octanol–water partition coefficient (Wildman–Crippen LogP) is 29.5. The molecule has 0 amide bonds. The van der Waals surface area contributed by atoms with Crippen molar-refractivity contribution in [2.45, 2.75) is 0 Å². The first-order valence-electron chi connectivity index (χ1n) is 37.7. The van der Waals surface area contributed by atoms with Crippen molar-refractivity contribution in [2.24, 2.45) is 0 Å². The van der Waals surface area contributed by atoms with E-state index in [4.69, 9.17) is 0 Å². The second kappa shape index (κ2) is 24.9. The predicted molar refractivity (Wildman–Crippen MR) is 473 cm³/mol. The zero-order chi connectivity index (χ0) is 72.1. The molecular weight excluding hydrogens is 1370 g/mol. The molecule has 512 valence electrons. The lowest BCUT2D eigenvalue weighted by Crippen LogP contribution is -1.95. The molecule has 0 N–H and O–H groups in total. The third kappa shape index (κ3) is 9.70. The van der Waals surface area contributed by atoms with Crippen LogP contribution in [0.4, 0.5) is 0 Å². The minimum absolute atomic E-state index is 1.16. The quantitative estimate of drug-likeness (QED) is 0.144. The first-order chi connectivity index (χ1) is 54.6. The monoisotopic (exact) mass is 1430 g/mol. The highest BCUT2D eigenvalue weighted by Crippen LogP contribution is 2.49. The molecule has 0 fully saturated rings. The van der Waals surface area contributed by atoms with Gasteiger partial charge in [-0.3, -0.25) is 0 Å². The van der Waals surface area contributed by atoms with Crippen molar-refractivity contribution in [3.8, 4) is 67.3 Å². The second-order valence-corrected chi connectivity index (χ2v) is 31.1. The van der Waals surface area contributed by atoms with Gasteiger partial charge in [-0.2, -0.15) is 0 Å². The van der Waals surface area contributed by atoms with Crippen LogP contribution in [0.3, 0.4) is 0 Å². The van der Waals surface area contributed by atoms with Crippen LogP contribution in [0, 0.1) is 0 Å². The molecule has 0 aliphatic heterocycles. The molecule has 18 aromatic carbocycles. The number of fused-ring (bicyclic) bond motifs is 22. The number of rotatable bonds is 8. The Morgan fingerprint density at radius 2 is 0.509 bits per heavy atom. The van der Waals surface area contributed by atoms with Crippen molar-refractivity contribution >= 4 is 172 Å². The minimum atomic E-state index is 1.16. The van der Waals surface area contributed by atoms with E-state index in [9.17, 15) is 0 Å². The van der Waals surface area contributed by atoms with E-state index in [0.29, 0.717) is 0 Å². The molecule has 0 aliphatic carbocycles. The second-order valence-electron chi connectivity index (χ2n) is 29.0. The van der Waals surface area contributed by atoms with Gasteiger partial charge in [-0.1, -0.05) is 273 Å². The topological polar surface area (TPSA) is 19.7 Å². The fourth-order valence-corrected chi connectivity index (χ4v) is 20.5. The minimum Gasteiger partial charge on any atom is -0.309 e. The Bertz CT molecular complexity index is 7860. The van der Waals surface area contributed by atoms with Crippen molar-refractivity contribution in [3.63, 3.8) is 0 Å². The molecule has 0 saturated carbocycles. The molecule has 0 spiro atoms. The number of hydrogen-bond donors (Lipinski definition) is 0. The first-order valence-corrected chi connectivity index (χ1v) is 39.3. The average molecular weight is 1430 g/mol. The van der Waals surface area contributed by atoms with Crippen molar-refractivity contribution in [1.29, 1.82) is 0 Å². The first kappa shape index (κ1) is 62.3. The Kier molecular flexibility index (Phi) is 14.1. The van der Waals surface area contributed by atoms with E-state index in [0.717, 1.165) is 11.4 Å². The Hall–Kier alpha value is -13.9.